The van der Waals surface area contributed by atoms with Gasteiger partial charge in [-0.2, -0.15) is 0 Å². The molecule has 0 aliphatic carbocycles. The molecule has 0 unspecified atom stereocenters. The van der Waals surface area contributed by atoms with E-state index in [1.807, 2.05) is 0 Å². The number of carboxylic acids is 1. The maximum atomic E-state index is 13.1. The van der Waals surface area contributed by atoms with Crippen molar-refractivity contribution >= 4 is 27.4 Å². The molecular weight excluding hydrogens is 395 g/mol. The first-order valence-corrected chi connectivity index (χ1v) is 9.25. The molecule has 0 radical (unpaired) electrons. The van der Waals surface area contributed by atoms with Crippen LogP contribution in [0.4, 0.5) is 10.1 Å². The minimum absolute atomic E-state index is 0.0444. The van der Waals surface area contributed by atoms with Gasteiger partial charge in [-0.1, -0.05) is 0 Å². The molecule has 0 saturated heterocycles. The quantitative estimate of drug-likeness (QED) is 0.593. The highest BCUT2D eigenvalue weighted by Gasteiger charge is 2.38. The van der Waals surface area contributed by atoms with Gasteiger partial charge in [0.25, 0.3) is 15.7 Å². The van der Waals surface area contributed by atoms with E-state index >= 15 is 0 Å². The van der Waals surface area contributed by atoms with Gasteiger partial charge in [0.05, 0.1) is 16.0 Å². The third-order valence-electron chi connectivity index (χ3n) is 3.99. The summed E-state index contributed by atoms with van der Waals surface area (Å²) >= 11 is 0. The van der Waals surface area contributed by atoms with E-state index in [4.69, 9.17) is 4.74 Å². The number of nitro benzene ring substituents is 1. The monoisotopic (exact) mass is 408 g/mol. The number of nitro groups is 1. The largest absolute Gasteiger partial charge is 0.489 e. The molecule has 1 N–H and O–H groups in total. The predicted octanol–water partition coefficient (Wildman–Crippen LogP) is 2.21. The Balaban J connectivity index is 2.04. The highest BCUT2D eigenvalue weighted by molar-refractivity contribution is 7.89. The van der Waals surface area contributed by atoms with Crippen LogP contribution in [0, 0.1) is 15.9 Å². The Labute approximate surface area is 158 Å². The lowest BCUT2D eigenvalue weighted by atomic mass is 10.1. The summed E-state index contributed by atoms with van der Waals surface area (Å²) in [5.74, 6) is -1.89. The Morgan fingerprint density at radius 3 is 2.32 bits per heavy atom. The Bertz CT molecular complexity index is 1050. The van der Waals surface area contributed by atoms with Crippen LogP contribution in [-0.2, 0) is 19.6 Å². The summed E-state index contributed by atoms with van der Waals surface area (Å²) in [6.07, 6.45) is 1.01. The number of aliphatic carboxylic acids is 1. The maximum absolute atomic E-state index is 13.1. The van der Waals surface area contributed by atoms with Crippen LogP contribution < -0.4 is 0 Å². The molecular formula is C17H13FN2O7S. The van der Waals surface area contributed by atoms with E-state index in [1.165, 1.54) is 12.1 Å². The molecule has 9 nitrogen and oxygen atoms in total. The fraction of sp³-hybridized carbons (Fsp3) is 0.118. The third kappa shape index (κ3) is 3.64. The van der Waals surface area contributed by atoms with Gasteiger partial charge in [0.1, 0.15) is 18.2 Å². The first kappa shape index (κ1) is 19.3. The molecule has 2 aromatic carbocycles. The summed E-state index contributed by atoms with van der Waals surface area (Å²) < 4.78 is 45.0. The molecule has 0 amide bonds. The molecule has 0 bridgehead atoms. The van der Waals surface area contributed by atoms with E-state index in [9.17, 15) is 32.8 Å². The fourth-order valence-corrected chi connectivity index (χ4v) is 3.98. The highest BCUT2D eigenvalue weighted by Crippen LogP contribution is 2.29. The van der Waals surface area contributed by atoms with Crippen LogP contribution in [0.15, 0.2) is 59.6 Å². The van der Waals surface area contributed by atoms with Gasteiger partial charge in [-0.05, 0) is 36.4 Å². The van der Waals surface area contributed by atoms with Crippen LogP contribution >= 0.6 is 0 Å². The minimum atomic E-state index is -4.35. The van der Waals surface area contributed by atoms with Gasteiger partial charge in [0.15, 0.2) is 6.04 Å². The van der Waals surface area contributed by atoms with Crippen LogP contribution in [0.2, 0.25) is 0 Å². The van der Waals surface area contributed by atoms with Crippen molar-refractivity contribution in [3.05, 3.63) is 76.2 Å². The molecule has 2 aromatic rings. The lowest BCUT2D eigenvalue weighted by molar-refractivity contribution is -0.384. The second-order valence-corrected chi connectivity index (χ2v) is 7.59. The van der Waals surface area contributed by atoms with Gasteiger partial charge < -0.3 is 9.84 Å². The normalized spacial score (nSPS) is 16.8. The minimum Gasteiger partial charge on any atom is -0.489 e. The molecule has 0 spiro atoms. The van der Waals surface area contributed by atoms with Crippen molar-refractivity contribution in [1.29, 1.82) is 0 Å². The van der Waals surface area contributed by atoms with Crippen molar-refractivity contribution < 1.29 is 32.4 Å². The Morgan fingerprint density at radius 1 is 1.18 bits per heavy atom. The first-order chi connectivity index (χ1) is 13.2. The van der Waals surface area contributed by atoms with Crippen molar-refractivity contribution in [2.75, 3.05) is 6.61 Å². The van der Waals surface area contributed by atoms with Crippen molar-refractivity contribution in [2.24, 2.45) is 0 Å². The van der Waals surface area contributed by atoms with Crippen LogP contribution in [0.5, 0.6) is 0 Å². The molecule has 0 saturated carbocycles. The number of benzene rings is 2. The zero-order chi connectivity index (χ0) is 20.5. The van der Waals surface area contributed by atoms with Gasteiger partial charge in [-0.15, -0.1) is 0 Å². The van der Waals surface area contributed by atoms with Crippen LogP contribution in [0.1, 0.15) is 5.56 Å². The molecule has 11 heteroatoms. The Kier molecular flexibility index (Phi) is 5.01. The van der Waals surface area contributed by atoms with Crippen molar-refractivity contribution in [1.82, 2.24) is 4.31 Å². The van der Waals surface area contributed by atoms with Gasteiger partial charge in [-0.3, -0.25) is 14.4 Å². The molecule has 3 rings (SSSR count). The van der Waals surface area contributed by atoms with E-state index in [2.05, 4.69) is 0 Å². The van der Waals surface area contributed by atoms with Crippen molar-refractivity contribution in [3.63, 3.8) is 0 Å². The first-order valence-electron chi connectivity index (χ1n) is 7.81. The number of ether oxygens (including phenoxy) is 1. The standard InChI is InChI=1S/C17H13FN2O7S/c18-12-3-1-11(2-4-12)16-9-19(15(10-27-16)17(21)22)28(25,26)14-7-5-13(6-8-14)20(23)24/h1-9,15H,10H2,(H,21,22)/t15-/m0/s1. The van der Waals surface area contributed by atoms with E-state index in [0.717, 1.165) is 42.6 Å². The van der Waals surface area contributed by atoms with Crippen LogP contribution in [-0.4, -0.2) is 41.4 Å². The second-order valence-electron chi connectivity index (χ2n) is 5.75. The van der Waals surface area contributed by atoms with Crippen LogP contribution in [0.3, 0.4) is 0 Å². The van der Waals surface area contributed by atoms with Crippen LogP contribution in [0.25, 0.3) is 5.76 Å². The number of sulfonamides is 1. The lowest BCUT2D eigenvalue weighted by Crippen LogP contribution is -2.46. The number of carboxylic acid groups (broad SMARTS) is 1. The summed E-state index contributed by atoms with van der Waals surface area (Å²) in [5.41, 5.74) is 0.0485. The predicted molar refractivity (Wildman–Crippen MR) is 93.9 cm³/mol. The van der Waals surface area contributed by atoms with Crippen molar-refractivity contribution in [3.8, 4) is 0 Å². The molecule has 1 aliphatic rings. The average Bonchev–Trinajstić information content (AvgIpc) is 2.68. The number of rotatable bonds is 5. The van der Waals surface area contributed by atoms with Gasteiger partial charge in [-0.25, -0.2) is 17.6 Å². The summed E-state index contributed by atoms with van der Waals surface area (Å²) in [6, 6.07) is 7.54. The number of halogens is 1. The number of hydrogen-bond donors (Lipinski definition) is 1. The topological polar surface area (TPSA) is 127 Å². The fourth-order valence-electron chi connectivity index (χ4n) is 2.54. The molecule has 1 aliphatic heterocycles. The number of non-ortho nitro benzene ring substituents is 1. The molecule has 0 aromatic heterocycles. The zero-order valence-corrected chi connectivity index (χ0v) is 14.9. The van der Waals surface area contributed by atoms with Gasteiger partial charge in [0.2, 0.25) is 0 Å². The lowest BCUT2D eigenvalue weighted by Gasteiger charge is -2.32. The third-order valence-corrected chi connectivity index (χ3v) is 5.77. The van der Waals surface area contributed by atoms with E-state index < -0.39 is 39.4 Å². The number of hydrogen-bond acceptors (Lipinski definition) is 6. The smallest absolute Gasteiger partial charge is 0.331 e. The van der Waals surface area contributed by atoms with E-state index in [-0.39, 0.29) is 16.3 Å². The Morgan fingerprint density at radius 2 is 1.79 bits per heavy atom. The SMILES string of the molecule is O=C(O)[C@@H]1COC(c2ccc(F)cc2)=CN1S(=O)(=O)c1ccc([N+](=O)[O-])cc1. The average molecular weight is 408 g/mol. The molecule has 1 heterocycles. The summed E-state index contributed by atoms with van der Waals surface area (Å²) in [5, 5.41) is 20.1. The van der Waals surface area contributed by atoms with Gasteiger partial charge >= 0.3 is 5.97 Å². The van der Waals surface area contributed by atoms with E-state index in [1.54, 1.807) is 0 Å². The Hall–Kier alpha value is -3.47. The molecule has 0 fully saturated rings. The summed E-state index contributed by atoms with van der Waals surface area (Å²) in [4.78, 5) is 21.3. The summed E-state index contributed by atoms with van der Waals surface area (Å²) in [7, 11) is -4.35. The van der Waals surface area contributed by atoms with E-state index in [0.29, 0.717) is 9.87 Å². The maximum Gasteiger partial charge on any atom is 0.331 e. The van der Waals surface area contributed by atoms with Gasteiger partial charge in [0, 0.05) is 17.7 Å². The van der Waals surface area contributed by atoms with Crippen molar-refractivity contribution in [2.45, 2.75) is 10.9 Å². The number of carbonyl (C=O) groups is 1. The highest BCUT2D eigenvalue weighted by atomic mass is 32.2. The number of nitrogens with zero attached hydrogens (tertiary/aromatic N) is 2. The molecule has 146 valence electrons. The summed E-state index contributed by atoms with van der Waals surface area (Å²) in [6.45, 7) is -0.468. The molecule has 1 atom stereocenters. The zero-order valence-electron chi connectivity index (χ0n) is 14.1. The second kappa shape index (κ2) is 7.27. The molecule has 28 heavy (non-hydrogen) atoms.